The predicted molar refractivity (Wildman–Crippen MR) is 94.0 cm³/mol. The van der Waals surface area contributed by atoms with Crippen LogP contribution in [0.4, 0.5) is 5.82 Å². The number of aryl methyl sites for hydroxylation is 2. The van der Waals surface area contributed by atoms with Crippen molar-refractivity contribution in [3.05, 3.63) is 35.2 Å². The Kier molecular flexibility index (Phi) is 3.77. The van der Waals surface area contributed by atoms with Crippen molar-refractivity contribution in [2.24, 2.45) is 13.0 Å². The van der Waals surface area contributed by atoms with Gasteiger partial charge in [0, 0.05) is 32.8 Å². The summed E-state index contributed by atoms with van der Waals surface area (Å²) >= 11 is 1.71. The van der Waals surface area contributed by atoms with E-state index in [-0.39, 0.29) is 0 Å². The lowest BCUT2D eigenvalue weighted by Gasteiger charge is -2.19. The summed E-state index contributed by atoms with van der Waals surface area (Å²) in [6.45, 7) is 4.27. The van der Waals surface area contributed by atoms with Crippen LogP contribution in [-0.4, -0.2) is 32.8 Å². The molecule has 1 unspecified atom stereocenters. The molecule has 3 aromatic rings. The molecule has 0 aromatic carbocycles. The minimum Gasteiger partial charge on any atom is -0.356 e. The second-order valence-corrected chi connectivity index (χ2v) is 7.18. The van der Waals surface area contributed by atoms with Crippen LogP contribution in [0.5, 0.6) is 0 Å². The first-order chi connectivity index (χ1) is 11.2. The molecule has 1 fully saturated rings. The van der Waals surface area contributed by atoms with E-state index < -0.39 is 0 Å². The van der Waals surface area contributed by atoms with Gasteiger partial charge in [-0.1, -0.05) is 6.92 Å². The molecular weight excluding hydrogens is 306 g/mol. The number of rotatable bonds is 4. The van der Waals surface area contributed by atoms with Gasteiger partial charge in [0.05, 0.1) is 11.6 Å². The third-order valence-electron chi connectivity index (χ3n) is 4.54. The Bertz CT molecular complexity index is 821. The standard InChI is InChI=1S/C17H21N5S/c1-3-15-19-16(14-5-7-23-17(14)20-15)22-6-4-12(11-22)8-13-9-18-21(2)10-13/h5,7,9-10,12H,3-4,6,8,11H2,1-2H3. The second-order valence-electron chi connectivity index (χ2n) is 6.28. The molecule has 4 heterocycles. The summed E-state index contributed by atoms with van der Waals surface area (Å²) in [4.78, 5) is 13.0. The Morgan fingerprint density at radius 1 is 1.35 bits per heavy atom. The SMILES string of the molecule is CCc1nc(N2CCC(Cc3cnn(C)c3)C2)c2ccsc2n1. The smallest absolute Gasteiger partial charge is 0.141 e. The van der Waals surface area contributed by atoms with E-state index >= 15 is 0 Å². The van der Waals surface area contributed by atoms with Gasteiger partial charge in [-0.2, -0.15) is 5.10 Å². The van der Waals surface area contributed by atoms with Crippen LogP contribution in [-0.2, 0) is 19.9 Å². The van der Waals surface area contributed by atoms with Crippen LogP contribution in [0.3, 0.4) is 0 Å². The Morgan fingerprint density at radius 3 is 3.04 bits per heavy atom. The molecule has 0 bridgehead atoms. The van der Waals surface area contributed by atoms with Gasteiger partial charge in [-0.25, -0.2) is 9.97 Å². The van der Waals surface area contributed by atoms with Gasteiger partial charge in [0.15, 0.2) is 0 Å². The van der Waals surface area contributed by atoms with Crippen LogP contribution in [0.1, 0.15) is 24.7 Å². The summed E-state index contributed by atoms with van der Waals surface area (Å²) in [5.41, 5.74) is 1.33. The fourth-order valence-electron chi connectivity index (χ4n) is 3.38. The molecule has 6 heteroatoms. The van der Waals surface area contributed by atoms with Crippen molar-refractivity contribution in [1.29, 1.82) is 0 Å². The van der Waals surface area contributed by atoms with Gasteiger partial charge in [0.25, 0.3) is 0 Å². The third-order valence-corrected chi connectivity index (χ3v) is 5.34. The summed E-state index contributed by atoms with van der Waals surface area (Å²) < 4.78 is 1.88. The van der Waals surface area contributed by atoms with Gasteiger partial charge in [0.2, 0.25) is 0 Å². The van der Waals surface area contributed by atoms with Gasteiger partial charge < -0.3 is 4.90 Å². The molecule has 120 valence electrons. The van der Waals surface area contributed by atoms with E-state index in [0.29, 0.717) is 5.92 Å². The van der Waals surface area contributed by atoms with Crippen LogP contribution in [0.15, 0.2) is 23.8 Å². The maximum absolute atomic E-state index is 4.82. The molecule has 0 radical (unpaired) electrons. The van der Waals surface area contributed by atoms with E-state index in [1.165, 1.54) is 17.4 Å². The molecule has 1 atom stereocenters. The maximum Gasteiger partial charge on any atom is 0.141 e. The van der Waals surface area contributed by atoms with Crippen molar-refractivity contribution in [2.45, 2.75) is 26.2 Å². The van der Waals surface area contributed by atoms with Gasteiger partial charge in [-0.15, -0.1) is 11.3 Å². The summed E-state index contributed by atoms with van der Waals surface area (Å²) in [5, 5.41) is 7.60. The van der Waals surface area contributed by atoms with Crippen molar-refractivity contribution in [3.63, 3.8) is 0 Å². The minimum atomic E-state index is 0.674. The molecule has 1 saturated heterocycles. The maximum atomic E-state index is 4.82. The lowest BCUT2D eigenvalue weighted by atomic mass is 10.0. The van der Waals surface area contributed by atoms with Crippen LogP contribution in [0, 0.1) is 5.92 Å². The lowest BCUT2D eigenvalue weighted by Crippen LogP contribution is -2.22. The fourth-order valence-corrected chi connectivity index (χ4v) is 4.16. The average molecular weight is 327 g/mol. The second kappa shape index (κ2) is 5.92. The van der Waals surface area contributed by atoms with Crippen LogP contribution in [0.2, 0.25) is 0 Å². The quantitative estimate of drug-likeness (QED) is 0.739. The molecule has 23 heavy (non-hydrogen) atoms. The zero-order valence-corrected chi connectivity index (χ0v) is 14.4. The number of nitrogens with zero attached hydrogens (tertiary/aromatic N) is 5. The highest BCUT2D eigenvalue weighted by molar-refractivity contribution is 7.16. The van der Waals surface area contributed by atoms with Crippen molar-refractivity contribution in [2.75, 3.05) is 18.0 Å². The topological polar surface area (TPSA) is 46.8 Å². The number of hydrogen-bond acceptors (Lipinski definition) is 5. The summed E-state index contributed by atoms with van der Waals surface area (Å²) in [6.07, 6.45) is 7.31. The number of thiophene rings is 1. The molecule has 0 aliphatic carbocycles. The van der Waals surface area contributed by atoms with Gasteiger partial charge >= 0.3 is 0 Å². The molecule has 5 nitrogen and oxygen atoms in total. The Morgan fingerprint density at radius 2 is 2.26 bits per heavy atom. The number of aromatic nitrogens is 4. The summed E-state index contributed by atoms with van der Waals surface area (Å²) in [7, 11) is 1.98. The number of hydrogen-bond donors (Lipinski definition) is 0. The van der Waals surface area contributed by atoms with Crippen molar-refractivity contribution in [1.82, 2.24) is 19.7 Å². The lowest BCUT2D eigenvalue weighted by molar-refractivity contribution is 0.586. The molecule has 0 amide bonds. The summed E-state index contributed by atoms with van der Waals surface area (Å²) in [5.74, 6) is 2.75. The fraction of sp³-hybridized carbons (Fsp3) is 0.471. The van der Waals surface area contributed by atoms with Crippen molar-refractivity contribution >= 4 is 27.4 Å². The van der Waals surface area contributed by atoms with E-state index in [0.717, 1.165) is 42.4 Å². The van der Waals surface area contributed by atoms with E-state index in [1.807, 2.05) is 17.9 Å². The van der Waals surface area contributed by atoms with Crippen molar-refractivity contribution in [3.8, 4) is 0 Å². The minimum absolute atomic E-state index is 0.674. The molecule has 1 aliphatic heterocycles. The first-order valence-electron chi connectivity index (χ1n) is 8.19. The van der Waals surface area contributed by atoms with Crippen LogP contribution < -0.4 is 4.90 Å². The Hall–Kier alpha value is -1.95. The molecule has 0 spiro atoms. The van der Waals surface area contributed by atoms with Gasteiger partial charge in [-0.3, -0.25) is 4.68 Å². The van der Waals surface area contributed by atoms with E-state index in [2.05, 4.69) is 39.5 Å². The van der Waals surface area contributed by atoms with E-state index in [9.17, 15) is 0 Å². The number of fused-ring (bicyclic) bond motifs is 1. The Labute approximate surface area is 140 Å². The average Bonchev–Trinajstić information content (AvgIpc) is 3.27. The largest absolute Gasteiger partial charge is 0.356 e. The van der Waals surface area contributed by atoms with E-state index in [1.54, 1.807) is 11.3 Å². The normalized spacial score (nSPS) is 18.2. The first-order valence-corrected chi connectivity index (χ1v) is 9.07. The van der Waals surface area contributed by atoms with Gasteiger partial charge in [-0.05, 0) is 35.8 Å². The zero-order chi connectivity index (χ0) is 15.8. The third kappa shape index (κ3) is 2.83. The van der Waals surface area contributed by atoms with Crippen LogP contribution >= 0.6 is 11.3 Å². The molecule has 3 aromatic heterocycles. The molecular formula is C17H21N5S. The van der Waals surface area contributed by atoms with Crippen LogP contribution in [0.25, 0.3) is 10.2 Å². The summed E-state index contributed by atoms with van der Waals surface area (Å²) in [6, 6.07) is 2.16. The molecule has 0 N–H and O–H groups in total. The van der Waals surface area contributed by atoms with E-state index in [4.69, 9.17) is 4.98 Å². The number of anilines is 1. The monoisotopic (exact) mass is 327 g/mol. The molecule has 0 saturated carbocycles. The predicted octanol–water partition coefficient (Wildman–Crippen LogP) is 3.06. The first kappa shape index (κ1) is 14.6. The zero-order valence-electron chi connectivity index (χ0n) is 13.6. The van der Waals surface area contributed by atoms with Gasteiger partial charge in [0.1, 0.15) is 16.5 Å². The van der Waals surface area contributed by atoms with Crippen molar-refractivity contribution < 1.29 is 0 Å². The Balaban J connectivity index is 1.56. The molecule has 1 aliphatic rings. The molecule has 4 rings (SSSR count). The highest BCUT2D eigenvalue weighted by atomic mass is 32.1. The highest BCUT2D eigenvalue weighted by Crippen LogP contribution is 2.32. The highest BCUT2D eigenvalue weighted by Gasteiger charge is 2.26.